The van der Waals surface area contributed by atoms with E-state index in [-0.39, 0.29) is 48.0 Å². The van der Waals surface area contributed by atoms with Gasteiger partial charge in [-0.15, -0.1) is 0 Å². The van der Waals surface area contributed by atoms with Crippen LogP contribution in [-0.2, 0) is 60.1 Å². The Labute approximate surface area is 667 Å². The molecule has 0 saturated carbocycles. The van der Waals surface area contributed by atoms with Crippen LogP contribution in [0.3, 0.4) is 0 Å². The molecule has 520 valence electrons. The van der Waals surface area contributed by atoms with Crippen molar-refractivity contribution in [3.05, 3.63) is 156 Å². The van der Waals surface area contributed by atoms with E-state index in [0.717, 1.165) is 90.3 Å². The lowest BCUT2D eigenvalue weighted by Gasteiger charge is -2.13. The lowest BCUT2D eigenvalue weighted by Crippen LogP contribution is -2.10. The number of unbranched alkanes of at least 4 members (excludes halogenated alkanes) is 2. The van der Waals surface area contributed by atoms with E-state index in [4.69, 9.17) is 51.6 Å². The van der Waals surface area contributed by atoms with Crippen molar-refractivity contribution in [1.29, 1.82) is 0 Å². The summed E-state index contributed by atoms with van der Waals surface area (Å²) in [5.74, 6) is 1.13. The Bertz CT molecular complexity index is 3930. The van der Waals surface area contributed by atoms with Crippen molar-refractivity contribution in [2.75, 3.05) is 58.3 Å². The van der Waals surface area contributed by atoms with Gasteiger partial charge in [0.15, 0.2) is 0 Å². The lowest BCUT2D eigenvalue weighted by atomic mass is 10.2. The molecule has 0 aromatic heterocycles. The van der Waals surface area contributed by atoms with Gasteiger partial charge in [0.05, 0.1) is 69.4 Å². The third-order valence-electron chi connectivity index (χ3n) is 11.6. The number of hydrogen-bond donors (Lipinski definition) is 6. The van der Waals surface area contributed by atoms with Crippen LogP contribution in [0.5, 0.6) is 17.2 Å². The molecule has 22 nitrogen and oxygen atoms in total. The molecular weight excluding hydrogens is 2340 g/mol. The van der Waals surface area contributed by atoms with Gasteiger partial charge in [-0.1, -0.05) is 42.0 Å². The van der Waals surface area contributed by atoms with Gasteiger partial charge in [0, 0.05) is 34.6 Å². The topological polar surface area (TPSA) is 355 Å². The van der Waals surface area contributed by atoms with Crippen LogP contribution in [0.2, 0.25) is 0 Å². The summed E-state index contributed by atoms with van der Waals surface area (Å²) in [6, 6.07) is 22.1. The van der Waals surface area contributed by atoms with Gasteiger partial charge < -0.3 is 28.8 Å². The molecule has 0 spiro atoms. The highest BCUT2D eigenvalue weighted by Gasteiger charge is 2.20. The fraction of sp³-hybridized carbons (Fsp3) is 0.351. The number of hydrogen-bond acceptors (Lipinski definition) is 16. The monoisotopic (exact) mass is 2410 g/mol. The summed E-state index contributed by atoms with van der Waals surface area (Å²) < 4.78 is 188. The van der Waals surface area contributed by atoms with Crippen molar-refractivity contribution in [2.24, 2.45) is 0 Å². The molecule has 0 aliphatic carbocycles. The average molecular weight is 2410 g/mol. The third kappa shape index (κ3) is 36.6. The summed E-state index contributed by atoms with van der Waals surface area (Å²) in [6.07, 6.45) is 3.89. The average Bonchev–Trinajstić information content (AvgIpc) is 1.18. The molecule has 0 fully saturated rings. The molecule has 6 rings (SSSR count). The number of carboxylic acids is 1. The van der Waals surface area contributed by atoms with Gasteiger partial charge in [-0.25, -0.2) is 4.79 Å². The molecule has 0 atom stereocenters. The number of halogens is 9. The van der Waals surface area contributed by atoms with Crippen molar-refractivity contribution in [2.45, 2.75) is 88.3 Å². The molecule has 0 aliphatic heterocycles. The molecule has 0 radical (unpaired) electrons. The summed E-state index contributed by atoms with van der Waals surface area (Å²) in [7, 11) is -19.1. The van der Waals surface area contributed by atoms with E-state index >= 15 is 0 Å². The first kappa shape index (κ1) is 91.2. The molecule has 0 bridgehead atoms. The van der Waals surface area contributed by atoms with Crippen LogP contribution in [0.4, 0.5) is 0 Å². The number of aromatic carboxylic acids is 1. The molecule has 0 aliphatic rings. The predicted octanol–water partition coefficient (Wildman–Crippen LogP) is 15.4. The third-order valence-corrected chi connectivity index (χ3v) is 27.6. The number of aryl methyl sites for hydroxylation is 4. The first-order valence-corrected chi connectivity index (χ1v) is 43.8. The van der Waals surface area contributed by atoms with Crippen LogP contribution < -0.4 is 14.2 Å². The number of ether oxygens (including phenoxy) is 5. The summed E-state index contributed by atoms with van der Waals surface area (Å²) in [5.41, 5.74) is 5.61. The maximum Gasteiger partial charge on any atom is 0.335 e. The molecule has 0 amide bonds. The van der Waals surface area contributed by atoms with Crippen LogP contribution in [-0.4, -0.2) is 134 Å². The largest absolute Gasteiger partial charge is 0.492 e. The Morgan fingerprint density at radius 3 is 1.29 bits per heavy atom. The van der Waals surface area contributed by atoms with Gasteiger partial charge in [-0.3, -0.25) is 22.8 Å². The highest BCUT2D eigenvalue weighted by molar-refractivity contribution is 14.1. The number of rotatable bonds is 24. The minimum absolute atomic E-state index is 0.0278. The van der Waals surface area contributed by atoms with E-state index in [1.165, 1.54) is 38.9 Å². The Hall–Kier alpha value is 0.230. The first-order chi connectivity index (χ1) is 42.9. The van der Waals surface area contributed by atoms with Crippen molar-refractivity contribution < 1.29 is 98.4 Å². The Morgan fingerprint density at radius 2 is 0.860 bits per heavy atom. The van der Waals surface area contributed by atoms with E-state index in [9.17, 15) is 46.9 Å². The van der Waals surface area contributed by atoms with Gasteiger partial charge >= 0.3 is 5.97 Å². The second kappa shape index (κ2) is 44.6. The highest BCUT2D eigenvalue weighted by atomic mass is 127. The molecule has 36 heteroatoms. The van der Waals surface area contributed by atoms with E-state index < -0.39 is 66.4 Å². The second-order valence-electron chi connectivity index (χ2n) is 19.1. The van der Waals surface area contributed by atoms with Crippen molar-refractivity contribution in [1.82, 2.24) is 0 Å². The number of carbonyl (C=O) groups is 1. The number of carboxylic acid groups (broad SMARTS) is 1. The lowest BCUT2D eigenvalue weighted by molar-refractivity contribution is 0.0696. The summed E-state index contributed by atoms with van der Waals surface area (Å²) in [4.78, 5) is 9.16. The first-order valence-electron chi connectivity index (χ1n) is 26.5. The van der Waals surface area contributed by atoms with E-state index in [1.54, 1.807) is 56.5 Å². The molecule has 0 unspecified atom stereocenters. The molecule has 93 heavy (non-hydrogen) atoms. The zero-order valence-electron chi connectivity index (χ0n) is 50.4. The fourth-order valence-electron chi connectivity index (χ4n) is 6.79. The SMILES string of the molecule is COCCCCCOCCOc1c(I)cc(I)c(C)c1I.Cc1c(I)cc(I)c(OCCCS(=O)(=O)O)c1I.Cc1cc(I)c(I)c(I)c1OCCCS(=O)(=O)O.Cc1ccc(C(=O)O)cc1.Cc1ccc(S(=O)(=O)O)cc1S(=O)(=O)O.Cc1ccccc1S(=O)(=O)O. The molecule has 0 saturated heterocycles. The van der Waals surface area contributed by atoms with Gasteiger partial charge in [-0.05, 0) is 353 Å². The van der Waals surface area contributed by atoms with Gasteiger partial charge in [-0.2, -0.15) is 42.1 Å². The Kier molecular flexibility index (Phi) is 43.7. The molecule has 6 aromatic carbocycles. The minimum Gasteiger partial charge on any atom is -0.492 e. The summed E-state index contributed by atoms with van der Waals surface area (Å²) >= 11 is 20.5. The van der Waals surface area contributed by atoms with Gasteiger partial charge in [0.2, 0.25) is 0 Å². The van der Waals surface area contributed by atoms with Crippen molar-refractivity contribution in [3.8, 4) is 17.2 Å². The Balaban J connectivity index is 0.000000567. The van der Waals surface area contributed by atoms with Crippen LogP contribution in [0.1, 0.15) is 75.8 Å². The van der Waals surface area contributed by atoms with E-state index in [0.29, 0.717) is 30.4 Å². The van der Waals surface area contributed by atoms with Crippen LogP contribution in [0.15, 0.2) is 99.6 Å². The normalized spacial score (nSPS) is 11.4. The molecule has 6 aromatic rings. The smallest absolute Gasteiger partial charge is 0.335 e. The van der Waals surface area contributed by atoms with Crippen LogP contribution in [0, 0.1) is 73.7 Å². The molecular formula is C57H67I9O22S5. The zero-order chi connectivity index (χ0) is 71.4. The standard InChI is InChI=1S/C15H21I3O3.2C10H11I3O4S.C8H8O2.C7H8O6S2.C7H8O3S/c1-11-12(16)10-13(17)15(14(11)18)21-9-8-20-7-5-3-4-6-19-2;1-6-7(11)5-8(12)10(9(6)13)17-3-2-4-18(14,15)16;1-6-5-7(11)8(12)9(13)10(6)17-3-2-4-18(14,15)16;1-6-2-4-7(5-3-6)8(9)10;1-5-2-3-6(14(8,9)10)4-7(5)15(11,12)13;1-6-4-2-3-5-7(6)11(8,9)10/h10H,3-9H2,1-2H3;2*5H,2-4H2,1H3,(H,14,15,16);2-5H,1H3,(H,9,10);2-4H,1H3,(H,8,9,10)(H,11,12,13);2-5H,1H3,(H,8,9,10). The zero-order valence-corrected chi connectivity index (χ0v) is 73.9. The highest BCUT2D eigenvalue weighted by Crippen LogP contribution is 2.35. The molecule has 6 N–H and O–H groups in total. The van der Waals surface area contributed by atoms with Gasteiger partial charge in [0.25, 0.3) is 50.6 Å². The Morgan fingerprint density at radius 1 is 0.409 bits per heavy atom. The van der Waals surface area contributed by atoms with E-state index in [1.807, 2.05) is 32.9 Å². The number of methoxy groups -OCH3 is 1. The minimum atomic E-state index is -4.49. The van der Waals surface area contributed by atoms with Gasteiger partial charge in [0.1, 0.15) is 23.9 Å². The maximum absolute atomic E-state index is 10.8. The number of benzene rings is 6. The van der Waals surface area contributed by atoms with Crippen LogP contribution in [0.25, 0.3) is 0 Å². The summed E-state index contributed by atoms with van der Waals surface area (Å²) in [6.45, 7) is 14.5. The van der Waals surface area contributed by atoms with E-state index in [2.05, 4.69) is 216 Å². The fourth-order valence-corrected chi connectivity index (χ4v) is 19.7. The van der Waals surface area contributed by atoms with Crippen LogP contribution >= 0.6 is 203 Å². The van der Waals surface area contributed by atoms with Crippen molar-refractivity contribution >= 4 is 260 Å². The summed E-state index contributed by atoms with van der Waals surface area (Å²) in [5, 5.41) is 8.48. The maximum atomic E-state index is 10.8. The quantitative estimate of drug-likeness (QED) is 0.0142. The van der Waals surface area contributed by atoms with Crippen molar-refractivity contribution in [3.63, 3.8) is 0 Å². The predicted molar refractivity (Wildman–Crippen MR) is 433 cm³/mol. The molecule has 0 heterocycles. The second-order valence-corrected chi connectivity index (χ2v) is 36.6.